The molecule has 2 rings (SSSR count). The van der Waals surface area contributed by atoms with Gasteiger partial charge in [-0.2, -0.15) is 0 Å². The molecule has 1 N–H and O–H groups in total. The van der Waals surface area contributed by atoms with E-state index in [1.807, 2.05) is 18.4 Å². The molecule has 0 radical (unpaired) electrons. The number of nitrogens with one attached hydrogen (secondary N) is 1. The topological polar surface area (TPSA) is 30.5 Å². The third-order valence-electron chi connectivity index (χ3n) is 4.14. The van der Waals surface area contributed by atoms with Gasteiger partial charge in [-0.05, 0) is 44.2 Å². The third kappa shape index (κ3) is 5.37. The molecule has 0 amide bonds. The van der Waals surface area contributed by atoms with Crippen LogP contribution in [0.25, 0.3) is 0 Å². The van der Waals surface area contributed by atoms with Crippen LogP contribution in [0.4, 0.5) is 0 Å². The molecule has 0 bridgehead atoms. The standard InChI is InChI=1S/C17H29NO2S/c1-12(2)18-10-17-8-14(13(3)21-17)11-20-16-7-5-6-15(9-16)19-4/h8,12,15-16,18H,5-7,9-11H2,1-4H3. The van der Waals surface area contributed by atoms with E-state index in [0.717, 1.165) is 19.6 Å². The third-order valence-corrected chi connectivity index (χ3v) is 5.23. The van der Waals surface area contributed by atoms with Gasteiger partial charge in [0.05, 0.1) is 18.8 Å². The Morgan fingerprint density at radius 3 is 2.81 bits per heavy atom. The van der Waals surface area contributed by atoms with Crippen molar-refractivity contribution in [3.63, 3.8) is 0 Å². The first kappa shape index (κ1) is 16.9. The molecule has 2 atom stereocenters. The first-order chi connectivity index (χ1) is 10.1. The second-order valence-electron chi connectivity index (χ2n) is 6.29. The molecule has 1 aliphatic carbocycles. The van der Waals surface area contributed by atoms with E-state index in [1.165, 1.54) is 34.6 Å². The Morgan fingerprint density at radius 1 is 1.33 bits per heavy atom. The molecular weight excluding hydrogens is 282 g/mol. The summed E-state index contributed by atoms with van der Waals surface area (Å²) >= 11 is 1.88. The molecular formula is C17H29NO2S. The molecule has 1 aliphatic rings. The smallest absolute Gasteiger partial charge is 0.0731 e. The zero-order valence-electron chi connectivity index (χ0n) is 13.8. The summed E-state index contributed by atoms with van der Waals surface area (Å²) in [6, 6.07) is 2.83. The van der Waals surface area contributed by atoms with Crippen molar-refractivity contribution in [1.82, 2.24) is 5.32 Å². The monoisotopic (exact) mass is 311 g/mol. The second kappa shape index (κ2) is 8.28. The Hall–Kier alpha value is -0.420. The van der Waals surface area contributed by atoms with Gasteiger partial charge in [0.1, 0.15) is 0 Å². The molecule has 1 aromatic rings. The van der Waals surface area contributed by atoms with Crippen LogP contribution in [0.5, 0.6) is 0 Å². The molecule has 1 fully saturated rings. The molecule has 1 saturated carbocycles. The molecule has 21 heavy (non-hydrogen) atoms. The van der Waals surface area contributed by atoms with Crippen LogP contribution in [0.15, 0.2) is 6.07 Å². The highest BCUT2D eigenvalue weighted by atomic mass is 32.1. The van der Waals surface area contributed by atoms with Crippen LogP contribution < -0.4 is 5.32 Å². The fourth-order valence-corrected chi connectivity index (χ4v) is 3.80. The van der Waals surface area contributed by atoms with Gasteiger partial charge >= 0.3 is 0 Å². The van der Waals surface area contributed by atoms with Gasteiger partial charge in [-0.1, -0.05) is 13.8 Å². The van der Waals surface area contributed by atoms with Crippen LogP contribution in [0.2, 0.25) is 0 Å². The van der Waals surface area contributed by atoms with Crippen LogP contribution >= 0.6 is 11.3 Å². The minimum absolute atomic E-state index is 0.361. The number of hydrogen-bond donors (Lipinski definition) is 1. The zero-order chi connectivity index (χ0) is 15.2. The Kier molecular flexibility index (Phi) is 6.68. The summed E-state index contributed by atoms with van der Waals surface area (Å²) in [5, 5.41) is 3.47. The maximum Gasteiger partial charge on any atom is 0.0731 e. The van der Waals surface area contributed by atoms with E-state index < -0.39 is 0 Å². The normalized spacial score (nSPS) is 22.9. The van der Waals surface area contributed by atoms with Crippen molar-refractivity contribution < 1.29 is 9.47 Å². The summed E-state index contributed by atoms with van der Waals surface area (Å²) in [5.74, 6) is 0. The molecule has 4 heteroatoms. The molecule has 1 aromatic heterocycles. The SMILES string of the molecule is COC1CCCC(OCc2cc(CNC(C)C)sc2C)C1. The summed E-state index contributed by atoms with van der Waals surface area (Å²) in [4.78, 5) is 2.79. The van der Waals surface area contributed by atoms with E-state index in [-0.39, 0.29) is 0 Å². The van der Waals surface area contributed by atoms with Gasteiger partial charge < -0.3 is 14.8 Å². The molecule has 0 aliphatic heterocycles. The lowest BCUT2D eigenvalue weighted by molar-refractivity contribution is -0.0363. The Balaban J connectivity index is 1.82. The van der Waals surface area contributed by atoms with E-state index in [1.54, 1.807) is 0 Å². The maximum atomic E-state index is 6.13. The Labute approximate surface area is 133 Å². The fraction of sp³-hybridized carbons (Fsp3) is 0.765. The number of rotatable bonds is 7. The summed E-state index contributed by atoms with van der Waals surface area (Å²) in [6.45, 7) is 8.25. The van der Waals surface area contributed by atoms with Crippen molar-refractivity contribution in [3.8, 4) is 0 Å². The van der Waals surface area contributed by atoms with Crippen molar-refractivity contribution in [2.24, 2.45) is 0 Å². The van der Waals surface area contributed by atoms with E-state index in [9.17, 15) is 0 Å². The molecule has 2 unspecified atom stereocenters. The number of methoxy groups -OCH3 is 1. The average Bonchev–Trinajstić information content (AvgIpc) is 2.83. The molecule has 1 heterocycles. The van der Waals surface area contributed by atoms with Gasteiger partial charge in [0.15, 0.2) is 0 Å². The van der Waals surface area contributed by atoms with Crippen LogP contribution in [0.3, 0.4) is 0 Å². The minimum Gasteiger partial charge on any atom is -0.381 e. The summed E-state index contributed by atoms with van der Waals surface area (Å²) in [7, 11) is 1.81. The Morgan fingerprint density at radius 2 is 2.10 bits per heavy atom. The predicted molar refractivity (Wildman–Crippen MR) is 88.9 cm³/mol. The van der Waals surface area contributed by atoms with Gasteiger partial charge in [0.25, 0.3) is 0 Å². The first-order valence-electron chi connectivity index (χ1n) is 8.04. The number of ether oxygens (including phenoxy) is 2. The Bertz CT molecular complexity index is 430. The van der Waals surface area contributed by atoms with E-state index >= 15 is 0 Å². The van der Waals surface area contributed by atoms with E-state index in [0.29, 0.717) is 18.2 Å². The average molecular weight is 311 g/mol. The van der Waals surface area contributed by atoms with Gasteiger partial charge in [-0.15, -0.1) is 11.3 Å². The van der Waals surface area contributed by atoms with Gasteiger partial charge in [0, 0.05) is 29.5 Å². The highest BCUT2D eigenvalue weighted by Crippen LogP contribution is 2.26. The second-order valence-corrected chi connectivity index (χ2v) is 7.63. The maximum absolute atomic E-state index is 6.13. The van der Waals surface area contributed by atoms with Crippen molar-refractivity contribution in [2.45, 2.75) is 77.9 Å². The van der Waals surface area contributed by atoms with Crippen molar-refractivity contribution in [1.29, 1.82) is 0 Å². The van der Waals surface area contributed by atoms with Gasteiger partial charge in [-0.25, -0.2) is 0 Å². The van der Waals surface area contributed by atoms with Crippen LogP contribution in [-0.4, -0.2) is 25.4 Å². The minimum atomic E-state index is 0.361. The van der Waals surface area contributed by atoms with Crippen molar-refractivity contribution >= 4 is 11.3 Å². The summed E-state index contributed by atoms with van der Waals surface area (Å²) in [6.07, 6.45) is 5.36. The number of aryl methyl sites for hydroxylation is 1. The quantitative estimate of drug-likeness (QED) is 0.824. The zero-order valence-corrected chi connectivity index (χ0v) is 14.6. The van der Waals surface area contributed by atoms with Crippen LogP contribution in [-0.2, 0) is 22.6 Å². The van der Waals surface area contributed by atoms with Crippen molar-refractivity contribution in [2.75, 3.05) is 7.11 Å². The van der Waals surface area contributed by atoms with Crippen molar-refractivity contribution in [3.05, 3.63) is 21.4 Å². The highest BCUT2D eigenvalue weighted by molar-refractivity contribution is 7.12. The molecule has 120 valence electrons. The lowest BCUT2D eigenvalue weighted by Gasteiger charge is -2.28. The van der Waals surface area contributed by atoms with E-state index in [4.69, 9.17) is 9.47 Å². The fourth-order valence-electron chi connectivity index (χ4n) is 2.80. The van der Waals surface area contributed by atoms with Gasteiger partial charge in [-0.3, -0.25) is 0 Å². The van der Waals surface area contributed by atoms with E-state index in [2.05, 4.69) is 32.2 Å². The number of hydrogen-bond acceptors (Lipinski definition) is 4. The molecule has 0 spiro atoms. The summed E-state index contributed by atoms with van der Waals surface area (Å²) < 4.78 is 11.6. The largest absolute Gasteiger partial charge is 0.381 e. The van der Waals surface area contributed by atoms with Crippen LogP contribution in [0.1, 0.15) is 54.8 Å². The van der Waals surface area contributed by atoms with Gasteiger partial charge in [0.2, 0.25) is 0 Å². The first-order valence-corrected chi connectivity index (χ1v) is 8.86. The lowest BCUT2D eigenvalue weighted by atomic mass is 9.95. The number of thiophene rings is 1. The summed E-state index contributed by atoms with van der Waals surface area (Å²) in [5.41, 5.74) is 1.35. The van der Waals surface area contributed by atoms with Crippen LogP contribution in [0, 0.1) is 6.92 Å². The molecule has 0 saturated heterocycles. The molecule has 3 nitrogen and oxygen atoms in total. The highest BCUT2D eigenvalue weighted by Gasteiger charge is 2.22. The predicted octanol–water partition coefficient (Wildman–Crippen LogP) is 4.03. The lowest BCUT2D eigenvalue weighted by Crippen LogP contribution is -2.27. The molecule has 0 aromatic carbocycles.